The fraction of sp³-hybridized carbons (Fsp3) is 0.154. The van der Waals surface area contributed by atoms with Gasteiger partial charge < -0.3 is 5.32 Å². The van der Waals surface area contributed by atoms with Crippen molar-refractivity contribution < 1.29 is 8.42 Å². The van der Waals surface area contributed by atoms with Gasteiger partial charge in [-0.3, -0.25) is 9.71 Å². The van der Waals surface area contributed by atoms with Crippen LogP contribution in [-0.4, -0.2) is 20.4 Å². The average molecular weight is 356 g/mol. The summed E-state index contributed by atoms with van der Waals surface area (Å²) in [6.45, 7) is 0.602. The van der Waals surface area contributed by atoms with Crippen molar-refractivity contribution in [3.8, 4) is 0 Å². The van der Waals surface area contributed by atoms with E-state index in [9.17, 15) is 8.42 Å². The molecule has 7 heteroatoms. The first-order valence-corrected chi connectivity index (χ1v) is 8.16. The van der Waals surface area contributed by atoms with Gasteiger partial charge in [0.05, 0.1) is 5.69 Å². The largest absolute Gasteiger partial charge is 0.316 e. The van der Waals surface area contributed by atoms with Crippen molar-refractivity contribution in [1.82, 2.24) is 10.3 Å². The average Bonchev–Trinajstić information content (AvgIpc) is 2.42. The maximum atomic E-state index is 12.4. The highest BCUT2D eigenvalue weighted by atomic mass is 79.9. The molecule has 106 valence electrons. The molecule has 0 fully saturated rings. The van der Waals surface area contributed by atoms with Gasteiger partial charge in [0.25, 0.3) is 10.0 Å². The molecule has 5 nitrogen and oxygen atoms in total. The van der Waals surface area contributed by atoms with E-state index in [1.165, 1.54) is 12.4 Å². The number of sulfonamides is 1. The lowest BCUT2D eigenvalue weighted by Gasteiger charge is -2.11. The van der Waals surface area contributed by atoms with Gasteiger partial charge >= 0.3 is 0 Å². The van der Waals surface area contributed by atoms with Crippen LogP contribution in [0.15, 0.2) is 52.1 Å². The van der Waals surface area contributed by atoms with Crippen molar-refractivity contribution in [2.45, 2.75) is 11.4 Å². The lowest BCUT2D eigenvalue weighted by molar-refractivity contribution is 0.600. The molecule has 0 atom stereocenters. The van der Waals surface area contributed by atoms with E-state index in [1.807, 2.05) is 13.1 Å². The van der Waals surface area contributed by atoms with E-state index >= 15 is 0 Å². The molecule has 0 aliphatic rings. The summed E-state index contributed by atoms with van der Waals surface area (Å²) in [7, 11) is -1.83. The van der Waals surface area contributed by atoms with E-state index in [1.54, 1.807) is 24.3 Å². The molecule has 0 saturated heterocycles. The van der Waals surface area contributed by atoms with Crippen LogP contribution in [0.25, 0.3) is 0 Å². The number of benzene rings is 1. The van der Waals surface area contributed by atoms with Gasteiger partial charge in [-0.15, -0.1) is 0 Å². The zero-order valence-electron chi connectivity index (χ0n) is 10.8. The Hall–Kier alpha value is -1.44. The van der Waals surface area contributed by atoms with Crippen LogP contribution < -0.4 is 10.0 Å². The fourth-order valence-corrected chi connectivity index (χ4v) is 3.77. The predicted octanol–water partition coefficient (Wildman–Crippen LogP) is 2.36. The van der Waals surface area contributed by atoms with Crippen LogP contribution in [0, 0.1) is 0 Å². The molecule has 1 aromatic carbocycles. The molecule has 2 aromatic rings. The van der Waals surface area contributed by atoms with Crippen LogP contribution in [0.5, 0.6) is 0 Å². The van der Waals surface area contributed by atoms with Gasteiger partial charge in [-0.25, -0.2) is 8.42 Å². The van der Waals surface area contributed by atoms with Gasteiger partial charge in [0.15, 0.2) is 0 Å². The summed E-state index contributed by atoms with van der Waals surface area (Å²) in [5, 5.41) is 2.99. The predicted molar refractivity (Wildman–Crippen MR) is 82.0 cm³/mol. The zero-order valence-corrected chi connectivity index (χ0v) is 13.2. The summed E-state index contributed by atoms with van der Waals surface area (Å²) in [4.78, 5) is 4.06. The number of aromatic nitrogens is 1. The molecule has 2 N–H and O–H groups in total. The summed E-state index contributed by atoms with van der Waals surface area (Å²) in [6, 6.07) is 8.44. The standard InChI is InChI=1S/C13H14BrN3O2S/c1-15-9-10-2-3-12(14)13(8-10)20(18,19)17-11-4-6-16-7-5-11/h2-8,15H,9H2,1H3,(H,16,17). The number of pyridine rings is 1. The van der Waals surface area contributed by atoms with Gasteiger partial charge in [-0.2, -0.15) is 0 Å². The van der Waals surface area contributed by atoms with E-state index in [0.717, 1.165) is 5.56 Å². The summed E-state index contributed by atoms with van der Waals surface area (Å²) >= 11 is 3.28. The number of anilines is 1. The second-order valence-electron chi connectivity index (χ2n) is 4.14. The third kappa shape index (κ3) is 3.56. The highest BCUT2D eigenvalue weighted by molar-refractivity contribution is 9.10. The second kappa shape index (κ2) is 6.34. The number of nitrogens with one attached hydrogen (secondary N) is 2. The van der Waals surface area contributed by atoms with Crippen LogP contribution in [0.3, 0.4) is 0 Å². The molecular weight excluding hydrogens is 342 g/mol. The Balaban J connectivity index is 2.36. The van der Waals surface area contributed by atoms with E-state index in [4.69, 9.17) is 0 Å². The SMILES string of the molecule is CNCc1ccc(Br)c(S(=O)(=O)Nc2ccncc2)c1. The molecule has 0 saturated carbocycles. The number of rotatable bonds is 5. The van der Waals surface area contributed by atoms with Gasteiger partial charge in [-0.05, 0) is 52.8 Å². The number of hydrogen-bond acceptors (Lipinski definition) is 4. The Kier molecular flexibility index (Phi) is 4.74. The monoisotopic (exact) mass is 355 g/mol. The van der Waals surface area contributed by atoms with Crippen molar-refractivity contribution >= 4 is 31.6 Å². The summed E-state index contributed by atoms with van der Waals surface area (Å²) in [5.41, 5.74) is 1.37. The molecule has 0 bridgehead atoms. The Morgan fingerprint density at radius 1 is 1.20 bits per heavy atom. The van der Waals surface area contributed by atoms with Crippen molar-refractivity contribution in [2.24, 2.45) is 0 Å². The third-order valence-corrected chi connectivity index (χ3v) is 4.97. The summed E-state index contributed by atoms with van der Waals surface area (Å²) in [6.07, 6.45) is 3.06. The van der Waals surface area contributed by atoms with Crippen molar-refractivity contribution in [1.29, 1.82) is 0 Å². The Bertz CT molecular complexity index is 690. The minimum absolute atomic E-state index is 0.210. The number of nitrogens with zero attached hydrogens (tertiary/aromatic N) is 1. The van der Waals surface area contributed by atoms with E-state index in [0.29, 0.717) is 16.7 Å². The van der Waals surface area contributed by atoms with Crippen molar-refractivity contribution in [3.05, 3.63) is 52.8 Å². The molecular formula is C13H14BrN3O2S. The van der Waals surface area contributed by atoms with Crippen LogP contribution in [0.1, 0.15) is 5.56 Å². The molecule has 2 rings (SSSR count). The van der Waals surface area contributed by atoms with Crippen LogP contribution in [0.4, 0.5) is 5.69 Å². The molecule has 20 heavy (non-hydrogen) atoms. The van der Waals surface area contributed by atoms with Gasteiger partial charge in [0.2, 0.25) is 0 Å². The molecule has 0 unspecified atom stereocenters. The maximum Gasteiger partial charge on any atom is 0.263 e. The first-order chi connectivity index (χ1) is 9.53. The number of hydrogen-bond donors (Lipinski definition) is 2. The Morgan fingerprint density at radius 2 is 1.90 bits per heavy atom. The van der Waals surface area contributed by atoms with Crippen LogP contribution in [-0.2, 0) is 16.6 Å². The van der Waals surface area contributed by atoms with Gasteiger partial charge in [-0.1, -0.05) is 6.07 Å². The van der Waals surface area contributed by atoms with Crippen molar-refractivity contribution in [2.75, 3.05) is 11.8 Å². The summed E-state index contributed by atoms with van der Waals surface area (Å²) < 4.78 is 27.8. The van der Waals surface area contributed by atoms with E-state index in [-0.39, 0.29) is 4.90 Å². The molecule has 1 aromatic heterocycles. The number of halogens is 1. The van der Waals surface area contributed by atoms with E-state index < -0.39 is 10.0 Å². The Labute approximate surface area is 126 Å². The first-order valence-electron chi connectivity index (χ1n) is 5.89. The highest BCUT2D eigenvalue weighted by Gasteiger charge is 2.18. The summed E-state index contributed by atoms with van der Waals surface area (Å²) in [5.74, 6) is 0. The minimum atomic E-state index is -3.64. The smallest absolute Gasteiger partial charge is 0.263 e. The lowest BCUT2D eigenvalue weighted by Crippen LogP contribution is -2.14. The highest BCUT2D eigenvalue weighted by Crippen LogP contribution is 2.25. The second-order valence-corrected chi connectivity index (χ2v) is 6.64. The quantitative estimate of drug-likeness (QED) is 0.863. The lowest BCUT2D eigenvalue weighted by atomic mass is 10.2. The molecule has 0 spiro atoms. The Morgan fingerprint density at radius 3 is 2.55 bits per heavy atom. The van der Waals surface area contributed by atoms with Gasteiger partial charge in [0, 0.05) is 23.4 Å². The van der Waals surface area contributed by atoms with Crippen molar-refractivity contribution in [3.63, 3.8) is 0 Å². The molecule has 0 aliphatic carbocycles. The first kappa shape index (κ1) is 15.0. The molecule has 1 heterocycles. The van der Waals surface area contributed by atoms with Crippen LogP contribution >= 0.6 is 15.9 Å². The van der Waals surface area contributed by atoms with Gasteiger partial charge in [0.1, 0.15) is 4.90 Å². The van der Waals surface area contributed by atoms with E-state index in [2.05, 4.69) is 31.0 Å². The third-order valence-electron chi connectivity index (χ3n) is 2.60. The molecule has 0 radical (unpaired) electrons. The maximum absolute atomic E-state index is 12.4. The fourth-order valence-electron chi connectivity index (χ4n) is 1.70. The molecule has 0 amide bonds. The zero-order chi connectivity index (χ0) is 14.6. The minimum Gasteiger partial charge on any atom is -0.316 e. The van der Waals surface area contributed by atoms with Crippen LogP contribution in [0.2, 0.25) is 0 Å². The molecule has 0 aliphatic heterocycles. The normalized spacial score (nSPS) is 11.3. The topological polar surface area (TPSA) is 71.1 Å².